The normalized spacial score (nSPS) is 12.3. The number of halogens is 1. The topological polar surface area (TPSA) is 24.9 Å². The molecule has 2 aromatic rings. The molecule has 1 unspecified atom stereocenters. The highest BCUT2D eigenvalue weighted by Crippen LogP contribution is 2.23. The monoisotopic (exact) mass is 332 g/mol. The largest absolute Gasteiger partial charge is 0.310 e. The van der Waals surface area contributed by atoms with Crippen molar-refractivity contribution in [2.24, 2.45) is 0 Å². The first kappa shape index (κ1) is 15.2. The van der Waals surface area contributed by atoms with E-state index in [0.29, 0.717) is 6.04 Å². The average molecular weight is 333 g/mol. The van der Waals surface area contributed by atoms with E-state index < -0.39 is 0 Å². The highest BCUT2D eigenvalue weighted by Gasteiger charge is 2.14. The second-order valence-corrected chi connectivity index (χ2v) is 5.78. The standard InChI is InChI=1S/C17H21BrN2/c1-3-14-12-19-10-9-16(14)17(20-4-2)11-13-5-7-15(18)8-6-13/h5-10,12,17,20H,3-4,11H2,1-2H3. The highest BCUT2D eigenvalue weighted by molar-refractivity contribution is 9.10. The van der Waals surface area contributed by atoms with Gasteiger partial charge in [0, 0.05) is 22.9 Å². The lowest BCUT2D eigenvalue weighted by molar-refractivity contribution is 0.545. The maximum absolute atomic E-state index is 4.24. The maximum atomic E-state index is 4.24. The van der Waals surface area contributed by atoms with E-state index in [9.17, 15) is 0 Å². The fourth-order valence-electron chi connectivity index (χ4n) is 2.47. The molecule has 106 valence electrons. The maximum Gasteiger partial charge on any atom is 0.0364 e. The van der Waals surface area contributed by atoms with Gasteiger partial charge in [0.25, 0.3) is 0 Å². The molecule has 1 atom stereocenters. The molecular weight excluding hydrogens is 312 g/mol. The molecule has 0 aliphatic carbocycles. The van der Waals surface area contributed by atoms with Crippen LogP contribution in [0.3, 0.4) is 0 Å². The van der Waals surface area contributed by atoms with E-state index in [0.717, 1.165) is 23.9 Å². The van der Waals surface area contributed by atoms with E-state index in [2.05, 4.69) is 70.4 Å². The highest BCUT2D eigenvalue weighted by atomic mass is 79.9. The van der Waals surface area contributed by atoms with Crippen LogP contribution in [-0.4, -0.2) is 11.5 Å². The second-order valence-electron chi connectivity index (χ2n) is 4.87. The van der Waals surface area contributed by atoms with Crippen LogP contribution in [0.5, 0.6) is 0 Å². The Balaban J connectivity index is 2.24. The zero-order valence-electron chi connectivity index (χ0n) is 12.1. The smallest absolute Gasteiger partial charge is 0.0364 e. The number of benzene rings is 1. The summed E-state index contributed by atoms with van der Waals surface area (Å²) in [7, 11) is 0. The molecule has 1 heterocycles. The Hall–Kier alpha value is -1.19. The number of aromatic nitrogens is 1. The summed E-state index contributed by atoms with van der Waals surface area (Å²) >= 11 is 3.49. The van der Waals surface area contributed by atoms with Gasteiger partial charge in [-0.3, -0.25) is 4.98 Å². The van der Waals surface area contributed by atoms with Gasteiger partial charge in [-0.05, 0) is 54.3 Å². The number of hydrogen-bond donors (Lipinski definition) is 1. The Morgan fingerprint density at radius 1 is 1.15 bits per heavy atom. The van der Waals surface area contributed by atoms with Crippen LogP contribution in [0.15, 0.2) is 47.2 Å². The summed E-state index contributed by atoms with van der Waals surface area (Å²) in [5.74, 6) is 0. The van der Waals surface area contributed by atoms with Gasteiger partial charge >= 0.3 is 0 Å². The van der Waals surface area contributed by atoms with Gasteiger partial charge in [-0.1, -0.05) is 41.9 Å². The number of likely N-dealkylation sites (N-methyl/N-ethyl adjacent to an activating group) is 1. The predicted molar refractivity (Wildman–Crippen MR) is 87.9 cm³/mol. The lowest BCUT2D eigenvalue weighted by Gasteiger charge is -2.21. The molecule has 3 heteroatoms. The van der Waals surface area contributed by atoms with Crippen molar-refractivity contribution < 1.29 is 0 Å². The average Bonchev–Trinajstić information content (AvgIpc) is 2.49. The van der Waals surface area contributed by atoms with Crippen molar-refractivity contribution in [3.8, 4) is 0 Å². The van der Waals surface area contributed by atoms with Gasteiger partial charge in [0.15, 0.2) is 0 Å². The van der Waals surface area contributed by atoms with Gasteiger partial charge in [0.05, 0.1) is 0 Å². The quantitative estimate of drug-likeness (QED) is 0.853. The van der Waals surface area contributed by atoms with E-state index in [4.69, 9.17) is 0 Å². The molecule has 20 heavy (non-hydrogen) atoms. The third-order valence-electron chi connectivity index (χ3n) is 3.50. The van der Waals surface area contributed by atoms with E-state index in [1.165, 1.54) is 16.7 Å². The second kappa shape index (κ2) is 7.55. The third-order valence-corrected chi connectivity index (χ3v) is 4.03. The number of rotatable bonds is 6. The van der Waals surface area contributed by atoms with Gasteiger partial charge in [0.2, 0.25) is 0 Å². The molecular formula is C17H21BrN2. The van der Waals surface area contributed by atoms with Crippen LogP contribution in [-0.2, 0) is 12.8 Å². The Bertz CT molecular complexity index is 537. The Labute approximate surface area is 129 Å². The zero-order chi connectivity index (χ0) is 14.4. The molecule has 0 saturated carbocycles. The van der Waals surface area contributed by atoms with Crippen LogP contribution >= 0.6 is 15.9 Å². The van der Waals surface area contributed by atoms with Gasteiger partial charge in [0.1, 0.15) is 0 Å². The van der Waals surface area contributed by atoms with Crippen LogP contribution in [0.4, 0.5) is 0 Å². The first-order valence-corrected chi connectivity index (χ1v) is 7.94. The predicted octanol–water partition coefficient (Wildman–Crippen LogP) is 4.30. The number of nitrogens with zero attached hydrogens (tertiary/aromatic N) is 1. The Morgan fingerprint density at radius 2 is 1.90 bits per heavy atom. The van der Waals surface area contributed by atoms with Gasteiger partial charge < -0.3 is 5.32 Å². The van der Waals surface area contributed by atoms with Crippen molar-refractivity contribution in [1.82, 2.24) is 10.3 Å². The molecule has 0 aliphatic rings. The molecule has 0 spiro atoms. The minimum atomic E-state index is 0.346. The summed E-state index contributed by atoms with van der Waals surface area (Å²) in [6, 6.07) is 11.1. The zero-order valence-corrected chi connectivity index (χ0v) is 13.7. The number of pyridine rings is 1. The summed E-state index contributed by atoms with van der Waals surface area (Å²) in [6.45, 7) is 5.30. The van der Waals surface area contributed by atoms with Crippen LogP contribution in [0.1, 0.15) is 36.6 Å². The molecule has 1 aromatic heterocycles. The summed E-state index contributed by atoms with van der Waals surface area (Å²) in [5, 5.41) is 3.60. The number of hydrogen-bond acceptors (Lipinski definition) is 2. The summed E-state index contributed by atoms with van der Waals surface area (Å²) in [5.41, 5.74) is 4.04. The van der Waals surface area contributed by atoms with Crippen LogP contribution in [0.2, 0.25) is 0 Å². The van der Waals surface area contributed by atoms with Crippen molar-refractivity contribution in [3.05, 3.63) is 63.9 Å². The summed E-state index contributed by atoms with van der Waals surface area (Å²) in [4.78, 5) is 4.24. The molecule has 0 aliphatic heterocycles. The van der Waals surface area contributed by atoms with Crippen molar-refractivity contribution in [1.29, 1.82) is 0 Å². The van der Waals surface area contributed by atoms with E-state index in [1.807, 2.05) is 12.4 Å². The Morgan fingerprint density at radius 3 is 2.55 bits per heavy atom. The first-order valence-electron chi connectivity index (χ1n) is 7.15. The SMILES string of the molecule is CCNC(Cc1ccc(Br)cc1)c1ccncc1CC. The van der Waals surface area contributed by atoms with Crippen molar-refractivity contribution in [2.75, 3.05) is 6.54 Å². The first-order chi connectivity index (χ1) is 9.74. The number of aryl methyl sites for hydroxylation is 1. The minimum Gasteiger partial charge on any atom is -0.310 e. The summed E-state index contributed by atoms with van der Waals surface area (Å²) < 4.78 is 1.12. The van der Waals surface area contributed by atoms with Crippen molar-refractivity contribution in [3.63, 3.8) is 0 Å². The molecule has 0 amide bonds. The van der Waals surface area contributed by atoms with E-state index in [-0.39, 0.29) is 0 Å². The summed E-state index contributed by atoms with van der Waals surface area (Å²) in [6.07, 6.45) is 5.89. The molecule has 2 nitrogen and oxygen atoms in total. The van der Waals surface area contributed by atoms with Crippen molar-refractivity contribution in [2.45, 2.75) is 32.7 Å². The molecule has 0 saturated heterocycles. The number of nitrogens with one attached hydrogen (secondary N) is 1. The lowest BCUT2D eigenvalue weighted by atomic mass is 9.95. The molecule has 0 fully saturated rings. The van der Waals surface area contributed by atoms with Crippen LogP contribution in [0.25, 0.3) is 0 Å². The minimum absolute atomic E-state index is 0.346. The molecule has 1 N–H and O–H groups in total. The van der Waals surface area contributed by atoms with Gasteiger partial charge in [-0.25, -0.2) is 0 Å². The van der Waals surface area contributed by atoms with E-state index in [1.54, 1.807) is 0 Å². The lowest BCUT2D eigenvalue weighted by Crippen LogP contribution is -2.24. The van der Waals surface area contributed by atoms with Gasteiger partial charge in [-0.2, -0.15) is 0 Å². The van der Waals surface area contributed by atoms with Crippen LogP contribution < -0.4 is 5.32 Å². The Kier molecular flexibility index (Phi) is 5.74. The molecule has 2 rings (SSSR count). The fourth-order valence-corrected chi connectivity index (χ4v) is 2.73. The van der Waals surface area contributed by atoms with E-state index >= 15 is 0 Å². The molecule has 0 radical (unpaired) electrons. The molecule has 0 bridgehead atoms. The third kappa shape index (κ3) is 3.90. The van der Waals surface area contributed by atoms with Crippen molar-refractivity contribution >= 4 is 15.9 Å². The van der Waals surface area contributed by atoms with Crippen LogP contribution in [0, 0.1) is 0 Å². The van der Waals surface area contributed by atoms with Gasteiger partial charge in [-0.15, -0.1) is 0 Å². The molecule has 1 aromatic carbocycles. The fraction of sp³-hybridized carbons (Fsp3) is 0.353.